The minimum atomic E-state index is -2.91. The Morgan fingerprint density at radius 1 is 1.62 bits per heavy atom. The number of anilines is 1. The van der Waals surface area contributed by atoms with Crippen LogP contribution in [0.3, 0.4) is 0 Å². The largest absolute Gasteiger partial charge is 0.382 e. The molecule has 13 heavy (non-hydrogen) atoms. The van der Waals surface area contributed by atoms with Gasteiger partial charge in [0.05, 0.1) is 12.3 Å². The highest BCUT2D eigenvalue weighted by Crippen LogP contribution is 1.97. The zero-order valence-corrected chi connectivity index (χ0v) is 8.29. The third kappa shape index (κ3) is 3.06. The van der Waals surface area contributed by atoms with E-state index in [-0.39, 0.29) is 11.5 Å². The van der Waals surface area contributed by atoms with Crippen molar-refractivity contribution in [1.82, 2.24) is 9.78 Å². The van der Waals surface area contributed by atoms with Crippen LogP contribution in [0.5, 0.6) is 0 Å². The lowest BCUT2D eigenvalue weighted by atomic mass is 10.7. The van der Waals surface area contributed by atoms with Crippen molar-refractivity contribution < 1.29 is 8.42 Å². The smallest absolute Gasteiger partial charge is 0.151 e. The standard InChI is InChI=1S/C7H13N3O2S/c1-2-13(11,12)6-5-10-4-3-7(8)9-10/h3-4H,2,5-6H2,1H3,(H2,8,9). The first-order valence-electron chi connectivity index (χ1n) is 4.03. The number of rotatable bonds is 4. The van der Waals surface area contributed by atoms with Gasteiger partial charge in [-0.3, -0.25) is 4.68 Å². The minimum absolute atomic E-state index is 0.116. The van der Waals surface area contributed by atoms with Gasteiger partial charge in [-0.05, 0) is 6.07 Å². The highest BCUT2D eigenvalue weighted by atomic mass is 32.2. The van der Waals surface area contributed by atoms with E-state index in [4.69, 9.17) is 5.73 Å². The van der Waals surface area contributed by atoms with Crippen LogP contribution in [0, 0.1) is 0 Å². The van der Waals surface area contributed by atoms with Crippen molar-refractivity contribution in [2.45, 2.75) is 13.5 Å². The molecule has 0 unspecified atom stereocenters. The second-order valence-corrected chi connectivity index (χ2v) is 5.21. The maximum Gasteiger partial charge on any atom is 0.151 e. The summed E-state index contributed by atoms with van der Waals surface area (Å²) in [5.74, 6) is 0.697. The van der Waals surface area contributed by atoms with Gasteiger partial charge in [-0.15, -0.1) is 0 Å². The van der Waals surface area contributed by atoms with Crippen LogP contribution in [0.25, 0.3) is 0 Å². The van der Waals surface area contributed by atoms with E-state index in [0.717, 1.165) is 0 Å². The van der Waals surface area contributed by atoms with E-state index in [9.17, 15) is 8.42 Å². The summed E-state index contributed by atoms with van der Waals surface area (Å²) in [6, 6.07) is 1.64. The first-order chi connectivity index (χ1) is 6.03. The first-order valence-corrected chi connectivity index (χ1v) is 5.85. The number of hydrogen-bond donors (Lipinski definition) is 1. The highest BCUT2D eigenvalue weighted by molar-refractivity contribution is 7.91. The van der Waals surface area contributed by atoms with Gasteiger partial charge in [-0.25, -0.2) is 8.42 Å². The van der Waals surface area contributed by atoms with E-state index >= 15 is 0 Å². The zero-order valence-electron chi connectivity index (χ0n) is 7.47. The normalized spacial score (nSPS) is 11.8. The van der Waals surface area contributed by atoms with Crippen molar-refractivity contribution in [2.24, 2.45) is 0 Å². The average Bonchev–Trinajstić information content (AvgIpc) is 2.48. The quantitative estimate of drug-likeness (QED) is 0.741. The molecule has 0 fully saturated rings. The fourth-order valence-corrected chi connectivity index (χ4v) is 1.63. The third-order valence-corrected chi connectivity index (χ3v) is 3.42. The molecule has 0 aliphatic carbocycles. The zero-order chi connectivity index (χ0) is 9.90. The summed E-state index contributed by atoms with van der Waals surface area (Å²) < 4.78 is 23.7. The molecule has 0 aliphatic rings. The van der Waals surface area contributed by atoms with E-state index in [1.807, 2.05) is 0 Å². The average molecular weight is 203 g/mol. The highest BCUT2D eigenvalue weighted by Gasteiger charge is 2.07. The van der Waals surface area contributed by atoms with Gasteiger partial charge in [-0.2, -0.15) is 5.10 Å². The molecule has 0 radical (unpaired) electrons. The van der Waals surface area contributed by atoms with Crippen LogP contribution in [0.2, 0.25) is 0 Å². The Bertz CT molecular complexity index is 369. The van der Waals surface area contributed by atoms with Crippen LogP contribution < -0.4 is 5.73 Å². The van der Waals surface area contributed by atoms with E-state index < -0.39 is 9.84 Å². The van der Waals surface area contributed by atoms with Crippen molar-refractivity contribution in [2.75, 3.05) is 17.2 Å². The Morgan fingerprint density at radius 3 is 2.77 bits per heavy atom. The SMILES string of the molecule is CCS(=O)(=O)CCn1ccc(N)n1. The molecule has 1 aromatic rings. The summed E-state index contributed by atoms with van der Waals surface area (Å²) in [7, 11) is -2.91. The number of nitrogen functional groups attached to an aromatic ring is 1. The first kappa shape index (κ1) is 10.0. The number of aryl methyl sites for hydroxylation is 1. The van der Waals surface area contributed by atoms with Crippen molar-refractivity contribution >= 4 is 15.7 Å². The molecule has 1 aromatic heterocycles. The molecule has 2 N–H and O–H groups in total. The Hall–Kier alpha value is -1.04. The second-order valence-electron chi connectivity index (χ2n) is 2.74. The van der Waals surface area contributed by atoms with E-state index in [0.29, 0.717) is 12.4 Å². The van der Waals surface area contributed by atoms with E-state index in [1.54, 1.807) is 19.2 Å². The lowest BCUT2D eigenvalue weighted by molar-refractivity contribution is 0.582. The predicted molar refractivity (Wildman–Crippen MR) is 51.0 cm³/mol. The van der Waals surface area contributed by atoms with Crippen LogP contribution in [0.1, 0.15) is 6.92 Å². The van der Waals surface area contributed by atoms with Gasteiger partial charge in [0.1, 0.15) is 5.82 Å². The number of aromatic nitrogens is 2. The van der Waals surface area contributed by atoms with Gasteiger partial charge in [0.2, 0.25) is 0 Å². The molecule has 74 valence electrons. The van der Waals surface area contributed by atoms with Gasteiger partial charge >= 0.3 is 0 Å². The molecule has 0 spiro atoms. The molecular formula is C7H13N3O2S. The fourth-order valence-electron chi connectivity index (χ4n) is 0.879. The number of nitrogens with zero attached hydrogens (tertiary/aromatic N) is 2. The molecular weight excluding hydrogens is 190 g/mol. The fraction of sp³-hybridized carbons (Fsp3) is 0.571. The minimum Gasteiger partial charge on any atom is -0.382 e. The lowest BCUT2D eigenvalue weighted by Gasteiger charge is -2.00. The molecule has 0 aromatic carbocycles. The van der Waals surface area contributed by atoms with Crippen LogP contribution in [-0.2, 0) is 16.4 Å². The maximum atomic E-state index is 11.1. The van der Waals surface area contributed by atoms with Crippen molar-refractivity contribution in [3.05, 3.63) is 12.3 Å². The molecule has 0 saturated carbocycles. The number of sulfone groups is 1. The molecule has 1 heterocycles. The molecule has 0 bridgehead atoms. The predicted octanol–water partition coefficient (Wildman–Crippen LogP) is -0.100. The molecule has 0 aliphatic heterocycles. The van der Waals surface area contributed by atoms with Gasteiger partial charge in [0, 0.05) is 11.9 Å². The van der Waals surface area contributed by atoms with Crippen LogP contribution in [-0.4, -0.2) is 29.7 Å². The molecule has 1 rings (SSSR count). The molecule has 0 amide bonds. The monoisotopic (exact) mass is 203 g/mol. The Balaban J connectivity index is 2.53. The van der Waals surface area contributed by atoms with Crippen LogP contribution in [0.4, 0.5) is 5.82 Å². The van der Waals surface area contributed by atoms with Gasteiger partial charge in [0.25, 0.3) is 0 Å². The Kier molecular flexibility index (Phi) is 2.92. The third-order valence-electron chi connectivity index (χ3n) is 1.73. The maximum absolute atomic E-state index is 11.1. The summed E-state index contributed by atoms with van der Waals surface area (Å²) >= 11 is 0. The molecule has 0 saturated heterocycles. The van der Waals surface area contributed by atoms with E-state index in [2.05, 4.69) is 5.10 Å². The molecule has 0 atom stereocenters. The lowest BCUT2D eigenvalue weighted by Crippen LogP contribution is -2.15. The van der Waals surface area contributed by atoms with Gasteiger partial charge < -0.3 is 5.73 Å². The topological polar surface area (TPSA) is 78.0 Å². The number of hydrogen-bond acceptors (Lipinski definition) is 4. The summed E-state index contributed by atoms with van der Waals surface area (Å²) in [4.78, 5) is 0. The van der Waals surface area contributed by atoms with E-state index in [1.165, 1.54) is 4.68 Å². The Labute approximate surface area is 77.5 Å². The summed E-state index contributed by atoms with van der Waals surface area (Å²) in [6.45, 7) is 2.00. The summed E-state index contributed by atoms with van der Waals surface area (Å²) in [5, 5.41) is 3.88. The molecule has 6 heteroatoms. The van der Waals surface area contributed by atoms with Crippen LogP contribution in [0.15, 0.2) is 12.3 Å². The number of nitrogens with two attached hydrogens (primary N) is 1. The van der Waals surface area contributed by atoms with Crippen molar-refractivity contribution in [3.63, 3.8) is 0 Å². The van der Waals surface area contributed by atoms with Gasteiger partial charge in [-0.1, -0.05) is 6.92 Å². The van der Waals surface area contributed by atoms with Gasteiger partial charge in [0.15, 0.2) is 9.84 Å². The summed E-state index contributed by atoms with van der Waals surface area (Å²) in [6.07, 6.45) is 1.67. The second kappa shape index (κ2) is 3.78. The van der Waals surface area contributed by atoms with Crippen molar-refractivity contribution in [1.29, 1.82) is 0 Å². The molecule has 5 nitrogen and oxygen atoms in total. The Morgan fingerprint density at radius 2 is 2.31 bits per heavy atom. The van der Waals surface area contributed by atoms with Crippen molar-refractivity contribution in [3.8, 4) is 0 Å². The summed E-state index contributed by atoms with van der Waals surface area (Å²) in [5.41, 5.74) is 5.37. The van der Waals surface area contributed by atoms with Crippen LogP contribution >= 0.6 is 0 Å².